The Hall–Kier alpha value is -1.75. The highest BCUT2D eigenvalue weighted by atomic mass is 16.6. The fourth-order valence-corrected chi connectivity index (χ4v) is 2.86. The summed E-state index contributed by atoms with van der Waals surface area (Å²) in [6.45, 7) is 3.30. The maximum Gasteiger partial charge on any atom is 0.224 e. The average molecular weight is 290 g/mol. The van der Waals surface area contributed by atoms with Gasteiger partial charge in [-0.25, -0.2) is 0 Å². The van der Waals surface area contributed by atoms with Crippen LogP contribution in [0.5, 0.6) is 11.5 Å². The first kappa shape index (κ1) is 14.2. The molecular formula is C16H22N2O3. The van der Waals surface area contributed by atoms with Crippen molar-refractivity contribution in [2.75, 3.05) is 38.7 Å². The first-order valence-electron chi connectivity index (χ1n) is 7.59. The lowest BCUT2D eigenvalue weighted by atomic mass is 9.93. The van der Waals surface area contributed by atoms with Crippen molar-refractivity contribution < 1.29 is 14.3 Å². The molecule has 1 fully saturated rings. The van der Waals surface area contributed by atoms with Crippen LogP contribution in [-0.4, -0.2) is 44.2 Å². The number of fused-ring (bicyclic) bond motifs is 1. The van der Waals surface area contributed by atoms with Crippen LogP contribution in [0.15, 0.2) is 18.2 Å². The Bertz CT molecular complexity index is 510. The van der Waals surface area contributed by atoms with Crippen LogP contribution in [0.2, 0.25) is 0 Å². The number of piperidine rings is 1. The molecule has 2 aliphatic heterocycles. The lowest BCUT2D eigenvalue weighted by Crippen LogP contribution is -2.31. The number of nitrogens with one attached hydrogen (secondary N) is 1. The number of anilines is 1. The molecule has 0 saturated carbocycles. The smallest absolute Gasteiger partial charge is 0.224 e. The third-order valence-corrected chi connectivity index (χ3v) is 4.14. The van der Waals surface area contributed by atoms with E-state index in [9.17, 15) is 4.79 Å². The predicted octanol–water partition coefficient (Wildman–Crippen LogP) is 2.13. The number of likely N-dealkylation sites (tertiary alicyclic amines) is 1. The number of carbonyl (C=O) groups is 1. The molecule has 0 unspecified atom stereocenters. The molecule has 2 aliphatic rings. The van der Waals surface area contributed by atoms with Crippen LogP contribution in [0.3, 0.4) is 0 Å². The Morgan fingerprint density at radius 2 is 1.95 bits per heavy atom. The number of amides is 1. The van der Waals surface area contributed by atoms with E-state index in [1.54, 1.807) is 0 Å². The van der Waals surface area contributed by atoms with Crippen molar-refractivity contribution in [1.29, 1.82) is 0 Å². The van der Waals surface area contributed by atoms with Gasteiger partial charge in [0, 0.05) is 18.2 Å². The SMILES string of the molecule is CN1CCC(CC(=O)Nc2ccc3c(c2)OCCO3)CC1. The number of carbonyl (C=O) groups excluding carboxylic acids is 1. The molecule has 0 aliphatic carbocycles. The van der Waals surface area contributed by atoms with Gasteiger partial charge in [0.1, 0.15) is 13.2 Å². The Labute approximate surface area is 125 Å². The van der Waals surface area contributed by atoms with E-state index in [0.29, 0.717) is 31.3 Å². The third kappa shape index (κ3) is 3.67. The van der Waals surface area contributed by atoms with E-state index in [4.69, 9.17) is 9.47 Å². The van der Waals surface area contributed by atoms with Crippen LogP contribution in [0.4, 0.5) is 5.69 Å². The van der Waals surface area contributed by atoms with Crippen LogP contribution in [-0.2, 0) is 4.79 Å². The minimum atomic E-state index is 0.0845. The topological polar surface area (TPSA) is 50.8 Å². The molecule has 1 aromatic carbocycles. The van der Waals surface area contributed by atoms with Gasteiger partial charge in [-0.3, -0.25) is 4.79 Å². The molecule has 2 heterocycles. The molecule has 0 bridgehead atoms. The van der Waals surface area contributed by atoms with E-state index in [-0.39, 0.29) is 5.91 Å². The van der Waals surface area contributed by atoms with E-state index in [1.807, 2.05) is 18.2 Å². The Kier molecular flexibility index (Phi) is 4.29. The summed E-state index contributed by atoms with van der Waals surface area (Å²) in [5.41, 5.74) is 0.775. The van der Waals surface area contributed by atoms with Gasteiger partial charge < -0.3 is 19.7 Å². The summed E-state index contributed by atoms with van der Waals surface area (Å²) in [6.07, 6.45) is 2.80. The maximum atomic E-state index is 12.1. The van der Waals surface area contributed by atoms with Crippen molar-refractivity contribution in [2.24, 2.45) is 5.92 Å². The number of ether oxygens (including phenoxy) is 2. The Morgan fingerprint density at radius 3 is 2.71 bits per heavy atom. The Balaban J connectivity index is 1.55. The first-order chi connectivity index (χ1) is 10.2. The summed E-state index contributed by atoms with van der Waals surface area (Å²) in [5.74, 6) is 2.03. The fraction of sp³-hybridized carbons (Fsp3) is 0.562. The molecule has 1 amide bonds. The maximum absolute atomic E-state index is 12.1. The summed E-state index contributed by atoms with van der Waals surface area (Å²) in [5, 5.41) is 2.96. The minimum absolute atomic E-state index is 0.0845. The second-order valence-electron chi connectivity index (χ2n) is 5.86. The molecule has 5 heteroatoms. The van der Waals surface area contributed by atoms with Crippen LogP contribution in [0, 0.1) is 5.92 Å². The number of nitrogens with zero attached hydrogens (tertiary/aromatic N) is 1. The molecule has 1 saturated heterocycles. The van der Waals surface area contributed by atoms with Crippen molar-refractivity contribution in [1.82, 2.24) is 4.90 Å². The van der Waals surface area contributed by atoms with Crippen molar-refractivity contribution >= 4 is 11.6 Å². The van der Waals surface area contributed by atoms with Crippen LogP contribution in [0.25, 0.3) is 0 Å². The van der Waals surface area contributed by atoms with Crippen molar-refractivity contribution in [3.8, 4) is 11.5 Å². The van der Waals surface area contributed by atoms with Gasteiger partial charge in [-0.05, 0) is 51.0 Å². The second kappa shape index (κ2) is 6.35. The number of rotatable bonds is 3. The molecule has 0 radical (unpaired) electrons. The van der Waals surface area contributed by atoms with Gasteiger partial charge in [0.05, 0.1) is 0 Å². The summed E-state index contributed by atoms with van der Waals surface area (Å²) in [4.78, 5) is 14.4. The van der Waals surface area contributed by atoms with Gasteiger partial charge in [-0.2, -0.15) is 0 Å². The van der Waals surface area contributed by atoms with Crippen molar-refractivity contribution in [3.05, 3.63) is 18.2 Å². The normalized spacial score (nSPS) is 19.3. The standard InChI is InChI=1S/C16H22N2O3/c1-18-6-4-12(5-7-18)10-16(19)17-13-2-3-14-15(11-13)21-9-8-20-14/h2-3,11-12H,4-10H2,1H3,(H,17,19). The van der Waals surface area contributed by atoms with E-state index in [0.717, 1.165) is 37.4 Å². The van der Waals surface area contributed by atoms with E-state index in [2.05, 4.69) is 17.3 Å². The minimum Gasteiger partial charge on any atom is -0.486 e. The van der Waals surface area contributed by atoms with E-state index in [1.165, 1.54) is 0 Å². The predicted molar refractivity (Wildman–Crippen MR) is 80.9 cm³/mol. The van der Waals surface area contributed by atoms with Gasteiger partial charge >= 0.3 is 0 Å². The summed E-state index contributed by atoms with van der Waals surface area (Å²) < 4.78 is 11.0. The third-order valence-electron chi connectivity index (χ3n) is 4.14. The number of hydrogen-bond acceptors (Lipinski definition) is 4. The van der Waals surface area contributed by atoms with Crippen LogP contribution in [0.1, 0.15) is 19.3 Å². The van der Waals surface area contributed by atoms with Gasteiger partial charge in [-0.15, -0.1) is 0 Å². The zero-order valence-electron chi connectivity index (χ0n) is 12.4. The van der Waals surface area contributed by atoms with E-state index < -0.39 is 0 Å². The molecular weight excluding hydrogens is 268 g/mol. The molecule has 3 rings (SSSR count). The summed E-state index contributed by atoms with van der Waals surface area (Å²) in [6, 6.07) is 5.54. The zero-order valence-corrected chi connectivity index (χ0v) is 12.4. The van der Waals surface area contributed by atoms with Gasteiger partial charge in [0.2, 0.25) is 5.91 Å². The molecule has 0 aromatic heterocycles. The largest absolute Gasteiger partial charge is 0.486 e. The quantitative estimate of drug-likeness (QED) is 0.926. The fourth-order valence-electron chi connectivity index (χ4n) is 2.86. The first-order valence-corrected chi connectivity index (χ1v) is 7.59. The Morgan fingerprint density at radius 1 is 1.24 bits per heavy atom. The van der Waals surface area contributed by atoms with Gasteiger partial charge in [-0.1, -0.05) is 0 Å². The van der Waals surface area contributed by atoms with Gasteiger partial charge in [0.25, 0.3) is 0 Å². The highest BCUT2D eigenvalue weighted by Crippen LogP contribution is 2.32. The highest BCUT2D eigenvalue weighted by Gasteiger charge is 2.20. The molecule has 0 atom stereocenters. The molecule has 114 valence electrons. The summed E-state index contributed by atoms with van der Waals surface area (Å²) >= 11 is 0. The lowest BCUT2D eigenvalue weighted by molar-refractivity contribution is -0.117. The molecule has 1 aromatic rings. The lowest BCUT2D eigenvalue weighted by Gasteiger charge is -2.28. The second-order valence-corrected chi connectivity index (χ2v) is 5.86. The van der Waals surface area contributed by atoms with Gasteiger partial charge in [0.15, 0.2) is 11.5 Å². The molecule has 5 nitrogen and oxygen atoms in total. The van der Waals surface area contributed by atoms with Crippen molar-refractivity contribution in [2.45, 2.75) is 19.3 Å². The van der Waals surface area contributed by atoms with Crippen LogP contribution < -0.4 is 14.8 Å². The zero-order chi connectivity index (χ0) is 14.7. The highest BCUT2D eigenvalue weighted by molar-refractivity contribution is 5.91. The van der Waals surface area contributed by atoms with Crippen molar-refractivity contribution in [3.63, 3.8) is 0 Å². The number of hydrogen-bond donors (Lipinski definition) is 1. The molecule has 0 spiro atoms. The molecule has 1 N–H and O–H groups in total. The van der Waals surface area contributed by atoms with Crippen LogP contribution >= 0.6 is 0 Å². The van der Waals surface area contributed by atoms with E-state index >= 15 is 0 Å². The summed E-state index contributed by atoms with van der Waals surface area (Å²) in [7, 11) is 2.13. The monoisotopic (exact) mass is 290 g/mol. The molecule has 21 heavy (non-hydrogen) atoms. The average Bonchev–Trinajstić information content (AvgIpc) is 2.49. The number of benzene rings is 1.